The van der Waals surface area contributed by atoms with E-state index in [9.17, 15) is 19.1 Å². The molecule has 0 aromatic heterocycles. The van der Waals surface area contributed by atoms with Gasteiger partial charge in [0.1, 0.15) is 5.82 Å². The monoisotopic (exact) mass is 295 g/mol. The average Bonchev–Trinajstić information content (AvgIpc) is 2.43. The SMILES string of the molecule is CC(O)CCN(C)C(=O)CC(C)C(=O)c1cccc(F)c1. The minimum atomic E-state index is -0.506. The van der Waals surface area contributed by atoms with Gasteiger partial charge in [-0.25, -0.2) is 4.39 Å². The Morgan fingerprint density at radius 2 is 2.00 bits per heavy atom. The number of benzene rings is 1. The fraction of sp³-hybridized carbons (Fsp3) is 0.500. The predicted molar refractivity (Wildman–Crippen MR) is 78.4 cm³/mol. The van der Waals surface area contributed by atoms with E-state index < -0.39 is 17.8 Å². The molecule has 0 aliphatic heterocycles. The van der Waals surface area contributed by atoms with E-state index in [-0.39, 0.29) is 23.7 Å². The van der Waals surface area contributed by atoms with E-state index in [2.05, 4.69) is 0 Å². The summed E-state index contributed by atoms with van der Waals surface area (Å²) in [6.45, 7) is 3.76. The highest BCUT2D eigenvalue weighted by Gasteiger charge is 2.21. The van der Waals surface area contributed by atoms with E-state index in [1.54, 1.807) is 27.0 Å². The van der Waals surface area contributed by atoms with Crippen LogP contribution in [-0.2, 0) is 4.79 Å². The van der Waals surface area contributed by atoms with E-state index in [4.69, 9.17) is 0 Å². The van der Waals surface area contributed by atoms with Crippen molar-refractivity contribution in [2.45, 2.75) is 32.8 Å². The van der Waals surface area contributed by atoms with Crippen LogP contribution in [0.15, 0.2) is 24.3 Å². The van der Waals surface area contributed by atoms with Crippen LogP contribution in [0.1, 0.15) is 37.0 Å². The van der Waals surface area contributed by atoms with E-state index >= 15 is 0 Å². The lowest BCUT2D eigenvalue weighted by Crippen LogP contribution is -2.31. The zero-order chi connectivity index (χ0) is 16.0. The fourth-order valence-corrected chi connectivity index (χ4v) is 1.94. The van der Waals surface area contributed by atoms with Crippen LogP contribution in [0, 0.1) is 11.7 Å². The third-order valence-corrected chi connectivity index (χ3v) is 3.35. The maximum absolute atomic E-state index is 13.1. The predicted octanol–water partition coefficient (Wildman–Crippen LogP) is 2.26. The molecule has 1 aromatic carbocycles. The molecule has 2 unspecified atom stereocenters. The number of hydrogen-bond acceptors (Lipinski definition) is 3. The number of ketones is 1. The molecule has 0 bridgehead atoms. The summed E-state index contributed by atoms with van der Waals surface area (Å²) in [5, 5.41) is 9.20. The number of aliphatic hydroxyl groups excluding tert-OH is 1. The number of Topliss-reactive ketones (excluding diaryl/α,β-unsaturated/α-hetero) is 1. The van der Waals surface area contributed by atoms with Gasteiger partial charge in [-0.05, 0) is 25.5 Å². The standard InChI is InChI=1S/C16H22FNO3/c1-11(9-15(20)18(3)8-7-12(2)19)16(21)13-5-4-6-14(17)10-13/h4-6,10-12,19H,7-9H2,1-3H3. The van der Waals surface area contributed by atoms with Crippen molar-refractivity contribution in [3.05, 3.63) is 35.6 Å². The molecule has 4 nitrogen and oxygen atoms in total. The minimum Gasteiger partial charge on any atom is -0.393 e. The van der Waals surface area contributed by atoms with Gasteiger partial charge in [0.05, 0.1) is 6.10 Å². The van der Waals surface area contributed by atoms with Crippen LogP contribution in [0.3, 0.4) is 0 Å². The molecule has 0 aliphatic carbocycles. The van der Waals surface area contributed by atoms with Crippen molar-refractivity contribution >= 4 is 11.7 Å². The summed E-state index contributed by atoms with van der Waals surface area (Å²) in [5.74, 6) is -1.37. The normalized spacial score (nSPS) is 13.6. The van der Waals surface area contributed by atoms with Crippen molar-refractivity contribution in [1.29, 1.82) is 0 Å². The van der Waals surface area contributed by atoms with Crippen molar-refractivity contribution in [3.63, 3.8) is 0 Å². The zero-order valence-corrected chi connectivity index (χ0v) is 12.7. The quantitative estimate of drug-likeness (QED) is 0.785. The van der Waals surface area contributed by atoms with Crippen molar-refractivity contribution < 1.29 is 19.1 Å². The van der Waals surface area contributed by atoms with Crippen LogP contribution in [0.4, 0.5) is 4.39 Å². The second-order valence-electron chi connectivity index (χ2n) is 5.43. The maximum Gasteiger partial charge on any atom is 0.223 e. The lowest BCUT2D eigenvalue weighted by atomic mass is 9.96. The first-order chi connectivity index (χ1) is 9.81. The second-order valence-corrected chi connectivity index (χ2v) is 5.43. The number of carbonyl (C=O) groups is 2. The molecular weight excluding hydrogens is 273 g/mol. The smallest absolute Gasteiger partial charge is 0.223 e. The molecule has 0 heterocycles. The summed E-state index contributed by atoms with van der Waals surface area (Å²) in [5.41, 5.74) is 0.280. The Labute approximate surface area is 124 Å². The van der Waals surface area contributed by atoms with Crippen LogP contribution in [0.5, 0.6) is 0 Å². The molecule has 0 radical (unpaired) electrons. The van der Waals surface area contributed by atoms with Gasteiger partial charge in [-0.15, -0.1) is 0 Å². The molecule has 1 rings (SSSR count). The van der Waals surface area contributed by atoms with Crippen molar-refractivity contribution in [3.8, 4) is 0 Å². The second kappa shape index (κ2) is 7.88. The topological polar surface area (TPSA) is 57.6 Å². The number of aliphatic hydroxyl groups is 1. The molecule has 1 aromatic rings. The highest BCUT2D eigenvalue weighted by Crippen LogP contribution is 2.14. The molecule has 21 heavy (non-hydrogen) atoms. The van der Waals surface area contributed by atoms with Gasteiger partial charge in [-0.1, -0.05) is 19.1 Å². The summed E-state index contributed by atoms with van der Waals surface area (Å²) in [6, 6.07) is 5.48. The van der Waals surface area contributed by atoms with E-state index in [0.717, 1.165) is 0 Å². The summed E-state index contributed by atoms with van der Waals surface area (Å²) in [4.78, 5) is 25.6. The highest BCUT2D eigenvalue weighted by molar-refractivity contribution is 5.99. The summed E-state index contributed by atoms with van der Waals surface area (Å²) < 4.78 is 13.1. The first-order valence-electron chi connectivity index (χ1n) is 7.03. The first kappa shape index (κ1) is 17.3. The Kier molecular flexibility index (Phi) is 6.49. The molecule has 0 aliphatic rings. The molecule has 0 saturated heterocycles. The molecule has 0 saturated carbocycles. The van der Waals surface area contributed by atoms with Gasteiger partial charge in [-0.3, -0.25) is 9.59 Å². The molecule has 0 fully saturated rings. The average molecular weight is 295 g/mol. The van der Waals surface area contributed by atoms with Gasteiger partial charge in [-0.2, -0.15) is 0 Å². The summed E-state index contributed by atoms with van der Waals surface area (Å²) >= 11 is 0. The fourth-order valence-electron chi connectivity index (χ4n) is 1.94. The van der Waals surface area contributed by atoms with Gasteiger partial charge in [0.15, 0.2) is 5.78 Å². The number of halogens is 1. The van der Waals surface area contributed by atoms with Crippen LogP contribution in [-0.4, -0.2) is 41.4 Å². The number of amides is 1. The Morgan fingerprint density at radius 1 is 1.33 bits per heavy atom. The van der Waals surface area contributed by atoms with Gasteiger partial charge in [0.2, 0.25) is 5.91 Å². The van der Waals surface area contributed by atoms with Gasteiger partial charge >= 0.3 is 0 Å². The number of carbonyl (C=O) groups excluding carboxylic acids is 2. The van der Waals surface area contributed by atoms with Crippen molar-refractivity contribution in [1.82, 2.24) is 4.90 Å². The molecule has 1 amide bonds. The van der Waals surface area contributed by atoms with E-state index in [1.165, 1.54) is 23.1 Å². The number of hydrogen-bond donors (Lipinski definition) is 1. The highest BCUT2D eigenvalue weighted by atomic mass is 19.1. The summed E-state index contributed by atoms with van der Waals surface area (Å²) in [7, 11) is 1.64. The van der Waals surface area contributed by atoms with Gasteiger partial charge in [0, 0.05) is 31.5 Å². The third-order valence-electron chi connectivity index (χ3n) is 3.35. The minimum absolute atomic E-state index is 0.0751. The lowest BCUT2D eigenvalue weighted by molar-refractivity contribution is -0.130. The number of nitrogens with zero attached hydrogens (tertiary/aromatic N) is 1. The summed E-state index contributed by atoms with van der Waals surface area (Å²) in [6.07, 6.45) is 0.103. The Hall–Kier alpha value is -1.75. The first-order valence-corrected chi connectivity index (χ1v) is 7.03. The Morgan fingerprint density at radius 3 is 2.57 bits per heavy atom. The maximum atomic E-state index is 13.1. The van der Waals surface area contributed by atoms with Crippen LogP contribution in [0.25, 0.3) is 0 Å². The Balaban J connectivity index is 2.57. The number of rotatable bonds is 7. The molecule has 116 valence electrons. The van der Waals surface area contributed by atoms with Crippen molar-refractivity contribution in [2.24, 2.45) is 5.92 Å². The molecule has 0 spiro atoms. The lowest BCUT2D eigenvalue weighted by Gasteiger charge is -2.20. The zero-order valence-electron chi connectivity index (χ0n) is 12.7. The largest absolute Gasteiger partial charge is 0.393 e. The third kappa shape index (κ3) is 5.63. The van der Waals surface area contributed by atoms with Crippen molar-refractivity contribution in [2.75, 3.05) is 13.6 Å². The van der Waals surface area contributed by atoms with Gasteiger partial charge in [0.25, 0.3) is 0 Å². The van der Waals surface area contributed by atoms with Gasteiger partial charge < -0.3 is 10.0 Å². The Bertz CT molecular complexity index is 502. The van der Waals surface area contributed by atoms with E-state index in [0.29, 0.717) is 13.0 Å². The molecule has 5 heteroatoms. The van der Waals surface area contributed by atoms with Crippen LogP contribution < -0.4 is 0 Å². The molecule has 2 atom stereocenters. The van der Waals surface area contributed by atoms with Crippen LogP contribution >= 0.6 is 0 Å². The molecular formula is C16H22FNO3. The molecule has 1 N–H and O–H groups in total. The van der Waals surface area contributed by atoms with E-state index in [1.807, 2.05) is 0 Å². The van der Waals surface area contributed by atoms with Crippen LogP contribution in [0.2, 0.25) is 0 Å².